The first-order valence-electron chi connectivity index (χ1n) is 11.9. The van der Waals surface area contributed by atoms with Crippen LogP contribution in [-0.2, 0) is 24.7 Å². The molecule has 2 amide bonds. The number of aliphatic hydroxyl groups is 1. The summed E-state index contributed by atoms with van der Waals surface area (Å²) in [5, 5.41) is 11.4. The van der Waals surface area contributed by atoms with Crippen LogP contribution >= 0.6 is 0 Å². The molecule has 8 nitrogen and oxygen atoms in total. The van der Waals surface area contributed by atoms with E-state index in [0.717, 1.165) is 0 Å². The predicted molar refractivity (Wildman–Crippen MR) is 131 cm³/mol. The first-order valence-corrected chi connectivity index (χ1v) is 11.9. The van der Waals surface area contributed by atoms with Gasteiger partial charge in [0.2, 0.25) is 0 Å². The summed E-state index contributed by atoms with van der Waals surface area (Å²) in [5.41, 5.74) is -0.476. The average molecular weight is 479 g/mol. The molecule has 2 aliphatic rings. The summed E-state index contributed by atoms with van der Waals surface area (Å²) < 4.78 is 10.6. The maximum atomic E-state index is 14.2. The van der Waals surface area contributed by atoms with E-state index in [2.05, 4.69) is 0 Å². The van der Waals surface area contributed by atoms with Crippen molar-refractivity contribution in [1.82, 2.24) is 4.90 Å². The molecule has 2 heterocycles. The Morgan fingerprint density at radius 3 is 2.37 bits per heavy atom. The van der Waals surface area contributed by atoms with Crippen LogP contribution < -0.4 is 9.64 Å². The van der Waals surface area contributed by atoms with Crippen LogP contribution in [0.1, 0.15) is 37.8 Å². The number of carbonyl (C=O) groups is 3. The summed E-state index contributed by atoms with van der Waals surface area (Å²) in [5.74, 6) is -1.88. The van der Waals surface area contributed by atoms with Gasteiger partial charge in [-0.05, 0) is 50.1 Å². The fourth-order valence-corrected chi connectivity index (χ4v) is 5.00. The van der Waals surface area contributed by atoms with E-state index in [-0.39, 0.29) is 17.9 Å². The number of ether oxygens (including phenoxy) is 2. The van der Waals surface area contributed by atoms with Gasteiger partial charge in [0.1, 0.15) is 11.5 Å². The van der Waals surface area contributed by atoms with Crippen LogP contribution in [0.2, 0.25) is 0 Å². The molecular formula is C27H30N2O6. The summed E-state index contributed by atoms with van der Waals surface area (Å²) in [6.07, 6.45) is 1.11. The lowest BCUT2D eigenvalue weighted by Gasteiger charge is -2.34. The van der Waals surface area contributed by atoms with Crippen LogP contribution in [0.5, 0.6) is 5.75 Å². The maximum Gasteiger partial charge on any atom is 0.296 e. The average Bonchev–Trinajstić information content (AvgIpc) is 3.24. The topological polar surface area (TPSA) is 96.4 Å². The Kier molecular flexibility index (Phi) is 6.93. The number of anilines is 1. The second kappa shape index (κ2) is 9.92. The molecule has 1 N–H and O–H groups in total. The fraction of sp³-hybridized carbons (Fsp3) is 0.370. The Balaban J connectivity index is 1.97. The molecule has 2 aromatic rings. The number of ketones is 1. The van der Waals surface area contributed by atoms with Gasteiger partial charge in [0.05, 0.1) is 17.9 Å². The molecule has 0 aromatic heterocycles. The molecule has 0 bridgehead atoms. The Hall–Kier alpha value is -3.65. The number of carbonyl (C=O) groups excluding carboxylic acids is 3. The molecule has 4 rings (SSSR count). The highest BCUT2D eigenvalue weighted by Crippen LogP contribution is 2.53. The minimum atomic E-state index is -1.74. The molecule has 0 saturated carbocycles. The first kappa shape index (κ1) is 24.5. The molecular weight excluding hydrogens is 448 g/mol. The van der Waals surface area contributed by atoms with Gasteiger partial charge in [-0.3, -0.25) is 14.4 Å². The Morgan fingerprint density at radius 1 is 1.00 bits per heavy atom. The number of amides is 2. The lowest BCUT2D eigenvalue weighted by molar-refractivity contribution is -0.143. The number of aliphatic hydroxyl groups excluding tert-OH is 1. The Morgan fingerprint density at radius 2 is 1.71 bits per heavy atom. The van der Waals surface area contributed by atoms with E-state index in [1.807, 2.05) is 26.0 Å². The van der Waals surface area contributed by atoms with Crippen molar-refractivity contribution in [3.05, 3.63) is 65.2 Å². The highest BCUT2D eigenvalue weighted by molar-refractivity contribution is 6.50. The van der Waals surface area contributed by atoms with Gasteiger partial charge >= 0.3 is 0 Å². The lowest BCUT2D eigenvalue weighted by atomic mass is 9.82. The number of nitrogens with zero attached hydrogens (tertiary/aromatic N) is 2. The van der Waals surface area contributed by atoms with Crippen molar-refractivity contribution in [2.75, 3.05) is 38.3 Å². The fourth-order valence-electron chi connectivity index (χ4n) is 5.00. The van der Waals surface area contributed by atoms with E-state index in [0.29, 0.717) is 55.2 Å². The van der Waals surface area contributed by atoms with Gasteiger partial charge in [0, 0.05) is 37.9 Å². The summed E-state index contributed by atoms with van der Waals surface area (Å²) in [6, 6.07) is 13.7. The molecule has 1 atom stereocenters. The number of para-hydroxylation sites is 1. The number of fused-ring (bicyclic) bond motifs is 2. The zero-order valence-corrected chi connectivity index (χ0v) is 20.2. The molecule has 0 aliphatic carbocycles. The molecule has 1 saturated heterocycles. The van der Waals surface area contributed by atoms with E-state index in [1.54, 1.807) is 48.4 Å². The van der Waals surface area contributed by atoms with Crippen LogP contribution in [0.3, 0.4) is 0 Å². The molecule has 1 unspecified atom stereocenters. The van der Waals surface area contributed by atoms with Crippen molar-refractivity contribution >= 4 is 29.0 Å². The number of methoxy groups -OCH3 is 1. The number of rotatable bonds is 9. The van der Waals surface area contributed by atoms with Gasteiger partial charge in [0.25, 0.3) is 17.6 Å². The Labute approximate surface area is 204 Å². The highest BCUT2D eigenvalue weighted by Gasteiger charge is 2.66. The minimum Gasteiger partial charge on any atom is -0.507 e. The van der Waals surface area contributed by atoms with E-state index >= 15 is 0 Å². The number of hydrogen-bond acceptors (Lipinski definition) is 6. The van der Waals surface area contributed by atoms with E-state index in [1.165, 1.54) is 4.90 Å². The molecule has 1 spiro atoms. The third-order valence-electron chi connectivity index (χ3n) is 6.43. The predicted octanol–water partition coefficient (Wildman–Crippen LogP) is 3.45. The van der Waals surface area contributed by atoms with Crippen molar-refractivity contribution in [2.24, 2.45) is 0 Å². The number of likely N-dealkylation sites (tertiary alicyclic amines) is 1. The van der Waals surface area contributed by atoms with Crippen molar-refractivity contribution in [2.45, 2.75) is 32.2 Å². The molecule has 8 heteroatoms. The number of Topliss-reactive ketones (excluding diaryl/α,β-unsaturated/α-hetero) is 1. The quantitative estimate of drug-likeness (QED) is 0.257. The second-order valence-corrected chi connectivity index (χ2v) is 8.50. The highest BCUT2D eigenvalue weighted by atomic mass is 16.5. The van der Waals surface area contributed by atoms with Crippen molar-refractivity contribution in [3.63, 3.8) is 0 Å². The van der Waals surface area contributed by atoms with Crippen LogP contribution in [0.15, 0.2) is 54.1 Å². The third kappa shape index (κ3) is 3.78. The maximum absolute atomic E-state index is 14.2. The SMILES string of the molecule is CCCN1C(=O)C2(/C(=C(\O)c3ccc(OCC)cc3)C(=O)C(=O)N2CCCOC)c2ccccc21. The molecule has 2 aromatic carbocycles. The van der Waals surface area contributed by atoms with Crippen LogP contribution in [0.25, 0.3) is 5.76 Å². The smallest absolute Gasteiger partial charge is 0.296 e. The zero-order valence-electron chi connectivity index (χ0n) is 20.2. The summed E-state index contributed by atoms with van der Waals surface area (Å²) in [7, 11) is 1.55. The van der Waals surface area contributed by atoms with Gasteiger partial charge in [-0.15, -0.1) is 0 Å². The van der Waals surface area contributed by atoms with E-state index in [4.69, 9.17) is 9.47 Å². The minimum absolute atomic E-state index is 0.124. The zero-order chi connectivity index (χ0) is 25.2. The van der Waals surface area contributed by atoms with Crippen molar-refractivity contribution in [1.29, 1.82) is 0 Å². The van der Waals surface area contributed by atoms with Gasteiger partial charge in [-0.25, -0.2) is 0 Å². The standard InChI is InChI=1S/C27H30N2O6/c1-4-15-28-21-10-7-6-9-20(21)27(26(28)33)22(24(31)25(32)29(27)16-8-17-34-3)23(30)18-11-13-19(14-12-18)35-5-2/h6-7,9-14,30H,4-5,8,15-17H2,1-3H3/b23-22-. The Bertz CT molecular complexity index is 1170. The van der Waals surface area contributed by atoms with Crippen LogP contribution in [-0.4, -0.2) is 61.0 Å². The lowest BCUT2D eigenvalue weighted by Crippen LogP contribution is -2.52. The summed E-state index contributed by atoms with van der Waals surface area (Å²) in [4.78, 5) is 43.9. The van der Waals surface area contributed by atoms with Gasteiger partial charge < -0.3 is 24.4 Å². The summed E-state index contributed by atoms with van der Waals surface area (Å²) in [6.45, 7) is 5.20. The normalized spacial score (nSPS) is 20.7. The summed E-state index contributed by atoms with van der Waals surface area (Å²) >= 11 is 0. The van der Waals surface area contributed by atoms with Crippen molar-refractivity contribution < 1.29 is 29.0 Å². The number of hydrogen-bond donors (Lipinski definition) is 1. The van der Waals surface area contributed by atoms with Gasteiger partial charge in [0.15, 0.2) is 5.54 Å². The van der Waals surface area contributed by atoms with E-state index in [9.17, 15) is 19.5 Å². The second-order valence-electron chi connectivity index (χ2n) is 8.50. The molecule has 0 radical (unpaired) electrons. The monoisotopic (exact) mass is 478 g/mol. The van der Waals surface area contributed by atoms with Crippen molar-refractivity contribution in [3.8, 4) is 5.75 Å². The molecule has 1 fully saturated rings. The number of benzene rings is 2. The third-order valence-corrected chi connectivity index (χ3v) is 6.43. The van der Waals surface area contributed by atoms with Gasteiger partial charge in [-0.2, -0.15) is 0 Å². The molecule has 35 heavy (non-hydrogen) atoms. The van der Waals surface area contributed by atoms with Crippen LogP contribution in [0.4, 0.5) is 5.69 Å². The molecule has 2 aliphatic heterocycles. The largest absolute Gasteiger partial charge is 0.507 e. The molecule has 184 valence electrons. The van der Waals surface area contributed by atoms with Crippen LogP contribution in [0, 0.1) is 0 Å². The van der Waals surface area contributed by atoms with Gasteiger partial charge in [-0.1, -0.05) is 25.1 Å². The first-order chi connectivity index (χ1) is 16.9. The van der Waals surface area contributed by atoms with E-state index < -0.39 is 23.1 Å².